The zero-order valence-corrected chi connectivity index (χ0v) is 14.0. The first-order valence-corrected chi connectivity index (χ1v) is 7.38. The zero-order chi connectivity index (χ0) is 17.1. The smallest absolute Gasteiger partial charge is 0.340 e. The van der Waals surface area contributed by atoms with Crippen LogP contribution in [0.3, 0.4) is 0 Å². The third-order valence-electron chi connectivity index (χ3n) is 3.45. The van der Waals surface area contributed by atoms with Gasteiger partial charge in [-0.25, -0.2) is 4.79 Å². The van der Waals surface area contributed by atoms with E-state index in [2.05, 4.69) is 15.0 Å². The highest BCUT2D eigenvalue weighted by atomic mass is 16.5. The van der Waals surface area contributed by atoms with E-state index in [1.807, 2.05) is 27.7 Å². The number of aryl methyl sites for hydroxylation is 2. The number of anilines is 1. The summed E-state index contributed by atoms with van der Waals surface area (Å²) in [6.07, 6.45) is 0. The van der Waals surface area contributed by atoms with Gasteiger partial charge < -0.3 is 19.1 Å². The van der Waals surface area contributed by atoms with Gasteiger partial charge in [0, 0.05) is 23.5 Å². The van der Waals surface area contributed by atoms with Gasteiger partial charge in [0.1, 0.15) is 5.76 Å². The maximum Gasteiger partial charge on any atom is 0.340 e. The van der Waals surface area contributed by atoms with Gasteiger partial charge in [-0.15, -0.1) is 0 Å². The second-order valence-corrected chi connectivity index (χ2v) is 5.70. The fourth-order valence-electron chi connectivity index (χ4n) is 2.59. The van der Waals surface area contributed by atoms with E-state index >= 15 is 0 Å². The van der Waals surface area contributed by atoms with Crippen molar-refractivity contribution in [1.29, 1.82) is 0 Å². The summed E-state index contributed by atoms with van der Waals surface area (Å²) in [7, 11) is 0. The molecule has 7 heteroatoms. The molecule has 0 spiro atoms. The quantitative estimate of drug-likeness (QED) is 0.856. The average Bonchev–Trinajstić information content (AvgIpc) is 2.99. The molecule has 124 valence electrons. The maximum atomic E-state index is 12.2. The summed E-state index contributed by atoms with van der Waals surface area (Å²) in [6.45, 7) is 9.22. The van der Waals surface area contributed by atoms with Gasteiger partial charge in [-0.05, 0) is 40.7 Å². The van der Waals surface area contributed by atoms with Crippen LogP contribution in [0.5, 0.6) is 0 Å². The molecule has 2 heterocycles. The van der Waals surface area contributed by atoms with Crippen LogP contribution in [0.2, 0.25) is 0 Å². The SMILES string of the molecule is Cc1cc(NC(=O)COC(=O)c2cc(C)n(C(C)C)c2C)no1. The van der Waals surface area contributed by atoms with E-state index in [9.17, 15) is 9.59 Å². The fraction of sp³-hybridized carbons (Fsp3) is 0.438. The number of nitrogens with zero attached hydrogens (tertiary/aromatic N) is 2. The van der Waals surface area contributed by atoms with E-state index in [1.54, 1.807) is 19.1 Å². The molecule has 23 heavy (non-hydrogen) atoms. The first kappa shape index (κ1) is 16.8. The van der Waals surface area contributed by atoms with Crippen molar-refractivity contribution in [2.24, 2.45) is 0 Å². The molecule has 2 rings (SSSR count). The third-order valence-corrected chi connectivity index (χ3v) is 3.45. The Morgan fingerprint density at radius 3 is 2.52 bits per heavy atom. The lowest BCUT2D eigenvalue weighted by molar-refractivity contribution is -0.119. The lowest BCUT2D eigenvalue weighted by Gasteiger charge is -2.13. The van der Waals surface area contributed by atoms with Crippen LogP contribution in [0.15, 0.2) is 16.7 Å². The summed E-state index contributed by atoms with van der Waals surface area (Å²) in [5, 5.41) is 6.13. The Balaban J connectivity index is 1.97. The predicted molar refractivity (Wildman–Crippen MR) is 84.4 cm³/mol. The number of ether oxygens (including phenoxy) is 1. The Hall–Kier alpha value is -2.57. The van der Waals surface area contributed by atoms with E-state index in [1.165, 1.54) is 0 Å². The Morgan fingerprint density at radius 1 is 1.30 bits per heavy atom. The van der Waals surface area contributed by atoms with Crippen molar-refractivity contribution >= 4 is 17.7 Å². The molecular formula is C16H21N3O4. The van der Waals surface area contributed by atoms with Crippen LogP contribution in [0.4, 0.5) is 5.82 Å². The van der Waals surface area contributed by atoms with Gasteiger partial charge in [-0.3, -0.25) is 4.79 Å². The topological polar surface area (TPSA) is 86.4 Å². The van der Waals surface area contributed by atoms with Crippen molar-refractivity contribution in [3.8, 4) is 0 Å². The Bertz CT molecular complexity index is 728. The van der Waals surface area contributed by atoms with Crippen LogP contribution < -0.4 is 5.32 Å². The molecule has 0 saturated heterocycles. The summed E-state index contributed by atoms with van der Waals surface area (Å²) < 4.78 is 12.0. The highest BCUT2D eigenvalue weighted by molar-refractivity contribution is 5.95. The number of nitrogens with one attached hydrogen (secondary N) is 1. The van der Waals surface area contributed by atoms with Crippen molar-refractivity contribution in [1.82, 2.24) is 9.72 Å². The zero-order valence-electron chi connectivity index (χ0n) is 14.0. The molecule has 1 N–H and O–H groups in total. The highest BCUT2D eigenvalue weighted by Crippen LogP contribution is 2.20. The van der Waals surface area contributed by atoms with Crippen LogP contribution in [0.25, 0.3) is 0 Å². The number of hydrogen-bond donors (Lipinski definition) is 1. The predicted octanol–water partition coefficient (Wildman–Crippen LogP) is 2.78. The number of amides is 1. The van der Waals surface area contributed by atoms with Gasteiger partial charge in [0.25, 0.3) is 5.91 Å². The largest absolute Gasteiger partial charge is 0.452 e. The van der Waals surface area contributed by atoms with Crippen LogP contribution in [-0.2, 0) is 9.53 Å². The molecule has 0 fully saturated rings. The van der Waals surface area contributed by atoms with E-state index in [4.69, 9.17) is 9.26 Å². The number of esters is 1. The summed E-state index contributed by atoms with van der Waals surface area (Å²) in [5.74, 6) is -0.110. The standard InChI is InChI=1S/C16H21N3O4/c1-9(2)19-10(3)6-13(12(19)5)16(21)22-8-15(20)17-14-7-11(4)23-18-14/h6-7,9H,8H2,1-5H3,(H,17,18,20). The second-order valence-electron chi connectivity index (χ2n) is 5.70. The Kier molecular flexibility index (Phi) is 4.88. The number of aromatic nitrogens is 2. The number of carbonyl (C=O) groups is 2. The lowest BCUT2D eigenvalue weighted by Crippen LogP contribution is -2.21. The molecule has 0 aliphatic heterocycles. The summed E-state index contributed by atoms with van der Waals surface area (Å²) in [6, 6.07) is 3.60. The molecule has 0 unspecified atom stereocenters. The molecule has 0 bridgehead atoms. The molecule has 0 aliphatic rings. The van der Waals surface area contributed by atoms with Gasteiger partial charge in [-0.2, -0.15) is 0 Å². The molecule has 7 nitrogen and oxygen atoms in total. The molecule has 0 radical (unpaired) electrons. The summed E-state index contributed by atoms with van der Waals surface area (Å²) in [4.78, 5) is 23.9. The van der Waals surface area contributed by atoms with Crippen molar-refractivity contribution < 1.29 is 18.8 Å². The molecule has 2 aromatic rings. The molecule has 0 aromatic carbocycles. The van der Waals surface area contributed by atoms with Crippen LogP contribution in [0.1, 0.15) is 47.4 Å². The van der Waals surface area contributed by atoms with E-state index < -0.39 is 11.9 Å². The van der Waals surface area contributed by atoms with E-state index in [-0.39, 0.29) is 12.6 Å². The van der Waals surface area contributed by atoms with E-state index in [0.717, 1.165) is 11.4 Å². The van der Waals surface area contributed by atoms with Gasteiger partial charge in [0.05, 0.1) is 5.56 Å². The molecular weight excluding hydrogens is 298 g/mol. The van der Waals surface area contributed by atoms with Crippen LogP contribution >= 0.6 is 0 Å². The maximum absolute atomic E-state index is 12.2. The number of carbonyl (C=O) groups excluding carboxylic acids is 2. The fourth-order valence-corrected chi connectivity index (χ4v) is 2.59. The third kappa shape index (κ3) is 3.80. The van der Waals surface area contributed by atoms with E-state index in [0.29, 0.717) is 17.1 Å². The molecule has 0 saturated carbocycles. The molecule has 0 aliphatic carbocycles. The summed E-state index contributed by atoms with van der Waals surface area (Å²) in [5.41, 5.74) is 2.28. The highest BCUT2D eigenvalue weighted by Gasteiger charge is 2.19. The van der Waals surface area contributed by atoms with Crippen LogP contribution in [0, 0.1) is 20.8 Å². The average molecular weight is 319 g/mol. The van der Waals surface area contributed by atoms with Gasteiger partial charge in [-0.1, -0.05) is 5.16 Å². The Morgan fingerprint density at radius 2 is 2.00 bits per heavy atom. The number of hydrogen-bond acceptors (Lipinski definition) is 5. The Labute approximate surface area is 134 Å². The second kappa shape index (κ2) is 6.68. The van der Waals surface area contributed by atoms with Gasteiger partial charge in [0.2, 0.25) is 0 Å². The van der Waals surface area contributed by atoms with Crippen molar-refractivity contribution in [2.45, 2.75) is 40.7 Å². The van der Waals surface area contributed by atoms with Crippen molar-refractivity contribution in [2.75, 3.05) is 11.9 Å². The first-order valence-electron chi connectivity index (χ1n) is 7.38. The van der Waals surface area contributed by atoms with Gasteiger partial charge in [0.15, 0.2) is 12.4 Å². The van der Waals surface area contributed by atoms with Crippen molar-refractivity contribution in [3.63, 3.8) is 0 Å². The monoisotopic (exact) mass is 319 g/mol. The minimum Gasteiger partial charge on any atom is -0.452 e. The minimum absolute atomic E-state index is 0.246. The molecule has 0 atom stereocenters. The minimum atomic E-state index is -0.517. The lowest BCUT2D eigenvalue weighted by atomic mass is 10.2. The first-order chi connectivity index (χ1) is 10.8. The molecule has 1 amide bonds. The molecule has 2 aromatic heterocycles. The normalized spacial score (nSPS) is 10.9. The number of rotatable bonds is 5. The van der Waals surface area contributed by atoms with Crippen LogP contribution in [-0.4, -0.2) is 28.2 Å². The van der Waals surface area contributed by atoms with Crippen molar-refractivity contribution in [3.05, 3.63) is 34.8 Å². The van der Waals surface area contributed by atoms with Gasteiger partial charge >= 0.3 is 5.97 Å². The summed E-state index contributed by atoms with van der Waals surface area (Å²) >= 11 is 0.